The third-order valence-electron chi connectivity index (χ3n) is 4.63. The number of anilines is 1. The van der Waals surface area contributed by atoms with Crippen molar-refractivity contribution in [1.29, 1.82) is 0 Å². The maximum absolute atomic E-state index is 11.5. The lowest BCUT2D eigenvalue weighted by atomic mass is 10.0. The molecule has 3 heterocycles. The lowest BCUT2D eigenvalue weighted by Crippen LogP contribution is -2.42. The topological polar surface area (TPSA) is 70.2 Å². The molecule has 1 unspecified atom stereocenters. The van der Waals surface area contributed by atoms with Gasteiger partial charge in [-0.3, -0.25) is 4.79 Å². The maximum Gasteiger partial charge on any atom is 0.220 e. The minimum atomic E-state index is 0.120. The molecule has 3 aromatic rings. The zero-order chi connectivity index (χ0) is 18.8. The van der Waals surface area contributed by atoms with Crippen molar-refractivity contribution in [1.82, 2.24) is 20.2 Å². The number of thiophene rings is 1. The Morgan fingerprint density at radius 3 is 2.78 bits per heavy atom. The summed E-state index contributed by atoms with van der Waals surface area (Å²) in [6.45, 7) is 1.31. The fourth-order valence-corrected chi connectivity index (χ4v) is 4.29. The molecule has 140 valence electrons. The second kappa shape index (κ2) is 7.62. The van der Waals surface area contributed by atoms with Crippen molar-refractivity contribution >= 4 is 33.3 Å². The lowest BCUT2D eigenvalue weighted by Gasteiger charge is -2.24. The summed E-state index contributed by atoms with van der Waals surface area (Å²) in [7, 11) is 4.03. The first-order valence-electron chi connectivity index (χ1n) is 9.11. The second-order valence-electron chi connectivity index (χ2n) is 7.11. The molecule has 1 aliphatic rings. The number of hydrogen-bond donors (Lipinski definition) is 2. The monoisotopic (exact) mass is 381 g/mol. The number of hydrogen-bond acceptors (Lipinski definition) is 6. The van der Waals surface area contributed by atoms with E-state index in [4.69, 9.17) is 9.97 Å². The molecule has 1 aromatic carbocycles. The molecule has 2 N–H and O–H groups in total. The summed E-state index contributed by atoms with van der Waals surface area (Å²) in [5.74, 6) is 1.78. The van der Waals surface area contributed by atoms with Gasteiger partial charge in [0.15, 0.2) is 0 Å². The Balaban J connectivity index is 1.77. The predicted octanol–water partition coefficient (Wildman–Crippen LogP) is 3.11. The van der Waals surface area contributed by atoms with Gasteiger partial charge in [-0.25, -0.2) is 9.97 Å². The predicted molar refractivity (Wildman–Crippen MR) is 110 cm³/mol. The first kappa shape index (κ1) is 17.9. The van der Waals surface area contributed by atoms with Crippen LogP contribution in [0.4, 0.5) is 5.82 Å². The van der Waals surface area contributed by atoms with E-state index in [9.17, 15) is 4.79 Å². The van der Waals surface area contributed by atoms with Crippen LogP contribution in [0.15, 0.2) is 35.7 Å². The van der Waals surface area contributed by atoms with E-state index in [-0.39, 0.29) is 11.9 Å². The Labute approximate surface area is 162 Å². The molecular weight excluding hydrogens is 358 g/mol. The standard InChI is InChI=1S/C20H23N5OS/c1-25(2)11-16-23-19(22-14-8-9-17(26)21-10-14)18-15(12-27-20(18)24-16)13-6-4-3-5-7-13/h3-7,12,14H,8-11H2,1-2H3,(H,21,26)(H,22,23,24). The summed E-state index contributed by atoms with van der Waals surface area (Å²) in [6, 6.07) is 10.5. The van der Waals surface area contributed by atoms with E-state index in [1.165, 1.54) is 0 Å². The number of aromatic nitrogens is 2. The Morgan fingerprint density at radius 2 is 2.07 bits per heavy atom. The quantitative estimate of drug-likeness (QED) is 0.711. The molecular formula is C20H23N5OS. The highest BCUT2D eigenvalue weighted by Gasteiger charge is 2.21. The normalized spacial score (nSPS) is 17.3. The van der Waals surface area contributed by atoms with Gasteiger partial charge in [-0.05, 0) is 26.1 Å². The Bertz CT molecular complexity index is 944. The number of rotatable bonds is 5. The molecule has 0 aliphatic carbocycles. The summed E-state index contributed by atoms with van der Waals surface area (Å²) in [5.41, 5.74) is 2.31. The van der Waals surface area contributed by atoms with E-state index in [1.54, 1.807) is 11.3 Å². The van der Waals surface area contributed by atoms with Crippen LogP contribution in [0.3, 0.4) is 0 Å². The summed E-state index contributed by atoms with van der Waals surface area (Å²) < 4.78 is 0. The largest absolute Gasteiger partial charge is 0.365 e. The van der Waals surface area contributed by atoms with Crippen LogP contribution in [-0.2, 0) is 11.3 Å². The summed E-state index contributed by atoms with van der Waals surface area (Å²) >= 11 is 1.65. The first-order valence-corrected chi connectivity index (χ1v) is 9.99. The molecule has 1 fully saturated rings. The molecule has 1 amide bonds. The van der Waals surface area contributed by atoms with Gasteiger partial charge in [0.05, 0.1) is 11.9 Å². The van der Waals surface area contributed by atoms with Crippen molar-refractivity contribution in [3.05, 3.63) is 41.5 Å². The fraction of sp³-hybridized carbons (Fsp3) is 0.350. The highest BCUT2D eigenvalue weighted by molar-refractivity contribution is 7.17. The number of carbonyl (C=O) groups excluding carboxylic acids is 1. The van der Waals surface area contributed by atoms with Crippen LogP contribution in [-0.4, -0.2) is 47.5 Å². The van der Waals surface area contributed by atoms with Gasteiger partial charge >= 0.3 is 0 Å². The average molecular weight is 382 g/mol. The highest BCUT2D eigenvalue weighted by Crippen LogP contribution is 2.37. The van der Waals surface area contributed by atoms with Crippen molar-refractivity contribution in [2.24, 2.45) is 0 Å². The zero-order valence-electron chi connectivity index (χ0n) is 15.5. The molecule has 2 aromatic heterocycles. The van der Waals surface area contributed by atoms with Gasteiger partial charge in [0.2, 0.25) is 5.91 Å². The molecule has 0 bridgehead atoms. The van der Waals surface area contributed by atoms with Gasteiger partial charge in [0.25, 0.3) is 0 Å². The van der Waals surface area contributed by atoms with Crippen molar-refractivity contribution < 1.29 is 4.79 Å². The number of fused-ring (bicyclic) bond motifs is 1. The smallest absolute Gasteiger partial charge is 0.220 e. The van der Waals surface area contributed by atoms with Gasteiger partial charge in [-0.15, -0.1) is 11.3 Å². The van der Waals surface area contributed by atoms with Crippen LogP contribution in [0.25, 0.3) is 21.3 Å². The number of benzene rings is 1. The molecule has 0 saturated carbocycles. The van der Waals surface area contributed by atoms with E-state index in [2.05, 4.69) is 33.0 Å². The molecule has 6 nitrogen and oxygen atoms in total. The molecule has 7 heteroatoms. The van der Waals surface area contributed by atoms with Gasteiger partial charge in [-0.1, -0.05) is 30.3 Å². The SMILES string of the molecule is CN(C)Cc1nc(NC2CCC(=O)NC2)c2c(-c3ccccc3)csc2n1. The number of amides is 1. The maximum atomic E-state index is 11.5. The second-order valence-corrected chi connectivity index (χ2v) is 7.96. The molecule has 0 radical (unpaired) electrons. The van der Waals surface area contributed by atoms with Crippen LogP contribution >= 0.6 is 11.3 Å². The number of piperidine rings is 1. The van der Waals surface area contributed by atoms with Crippen molar-refractivity contribution in [3.63, 3.8) is 0 Å². The molecule has 1 aliphatic heterocycles. The van der Waals surface area contributed by atoms with E-state index in [1.807, 2.05) is 32.3 Å². The Morgan fingerprint density at radius 1 is 1.26 bits per heavy atom. The number of nitrogens with zero attached hydrogens (tertiary/aromatic N) is 3. The number of carbonyl (C=O) groups is 1. The molecule has 27 heavy (non-hydrogen) atoms. The van der Waals surface area contributed by atoms with E-state index in [0.717, 1.165) is 39.4 Å². The van der Waals surface area contributed by atoms with Gasteiger partial charge in [0.1, 0.15) is 16.5 Å². The first-order chi connectivity index (χ1) is 13.1. The number of nitrogens with one attached hydrogen (secondary N) is 2. The molecule has 1 saturated heterocycles. The van der Waals surface area contributed by atoms with Crippen LogP contribution in [0.1, 0.15) is 18.7 Å². The van der Waals surface area contributed by atoms with Gasteiger partial charge < -0.3 is 15.5 Å². The van der Waals surface area contributed by atoms with E-state index in [0.29, 0.717) is 19.5 Å². The fourth-order valence-electron chi connectivity index (χ4n) is 3.32. The summed E-state index contributed by atoms with van der Waals surface area (Å²) in [4.78, 5) is 24.2. The Kier molecular flexibility index (Phi) is 5.05. The third kappa shape index (κ3) is 3.94. The van der Waals surface area contributed by atoms with Crippen molar-refractivity contribution in [3.8, 4) is 11.1 Å². The summed E-state index contributed by atoms with van der Waals surface area (Å²) in [5, 5.41) is 9.73. The third-order valence-corrected chi connectivity index (χ3v) is 5.50. The highest BCUT2D eigenvalue weighted by atomic mass is 32.1. The van der Waals surface area contributed by atoms with Crippen molar-refractivity contribution in [2.45, 2.75) is 25.4 Å². The van der Waals surface area contributed by atoms with Crippen molar-refractivity contribution in [2.75, 3.05) is 26.0 Å². The zero-order valence-corrected chi connectivity index (χ0v) is 16.3. The van der Waals surface area contributed by atoms with Gasteiger partial charge in [0, 0.05) is 30.0 Å². The van der Waals surface area contributed by atoms with E-state index < -0.39 is 0 Å². The van der Waals surface area contributed by atoms with Crippen LogP contribution in [0.2, 0.25) is 0 Å². The lowest BCUT2D eigenvalue weighted by molar-refractivity contribution is -0.122. The minimum Gasteiger partial charge on any atom is -0.365 e. The minimum absolute atomic E-state index is 0.120. The average Bonchev–Trinajstić information content (AvgIpc) is 3.08. The van der Waals surface area contributed by atoms with Gasteiger partial charge in [-0.2, -0.15) is 0 Å². The Hall–Kier alpha value is -2.51. The molecule has 1 atom stereocenters. The van der Waals surface area contributed by atoms with Crippen LogP contribution in [0, 0.1) is 0 Å². The summed E-state index contributed by atoms with van der Waals surface area (Å²) in [6.07, 6.45) is 1.36. The molecule has 0 spiro atoms. The van der Waals surface area contributed by atoms with Crippen LogP contribution < -0.4 is 10.6 Å². The van der Waals surface area contributed by atoms with E-state index >= 15 is 0 Å². The molecule has 4 rings (SSSR count). The van der Waals surface area contributed by atoms with Crippen LogP contribution in [0.5, 0.6) is 0 Å².